The third-order valence-electron chi connectivity index (χ3n) is 3.11. The topological polar surface area (TPSA) is 63.6 Å². The van der Waals surface area contributed by atoms with Crippen molar-refractivity contribution in [3.8, 4) is 5.75 Å². The molecule has 136 valence electrons. The standard InChI is InChI=1S/C17H13F4N3O2/c1-10(18)16(25)23-13-5-8-15(22-9-13)11(2)24-26-14-6-3-12(4-7-14)17(19,20)21/h3-9H,1H2,2H3,(H,23,25)/b24-11+. The van der Waals surface area contributed by atoms with Gasteiger partial charge in [-0.05, 0) is 43.3 Å². The Labute approximate surface area is 146 Å². The van der Waals surface area contributed by atoms with Crippen LogP contribution in [-0.4, -0.2) is 16.6 Å². The number of carbonyl (C=O) groups excluding carboxylic acids is 1. The van der Waals surface area contributed by atoms with Gasteiger partial charge < -0.3 is 10.2 Å². The molecule has 2 aromatic rings. The first-order valence-corrected chi connectivity index (χ1v) is 7.18. The molecule has 0 spiro atoms. The van der Waals surface area contributed by atoms with E-state index < -0.39 is 23.5 Å². The average molecular weight is 367 g/mol. The number of nitrogens with one attached hydrogen (secondary N) is 1. The molecule has 1 heterocycles. The second kappa shape index (κ2) is 7.77. The van der Waals surface area contributed by atoms with Gasteiger partial charge in [0, 0.05) is 0 Å². The highest BCUT2D eigenvalue weighted by molar-refractivity contribution is 6.02. The molecule has 0 fully saturated rings. The Morgan fingerprint density at radius 2 is 1.85 bits per heavy atom. The Balaban J connectivity index is 2.03. The molecule has 1 amide bonds. The lowest BCUT2D eigenvalue weighted by molar-refractivity contribution is -0.137. The lowest BCUT2D eigenvalue weighted by atomic mass is 10.2. The van der Waals surface area contributed by atoms with Crippen LogP contribution in [0.3, 0.4) is 0 Å². The fraction of sp³-hybridized carbons (Fsp3) is 0.118. The molecule has 0 aliphatic carbocycles. The average Bonchev–Trinajstić information content (AvgIpc) is 2.59. The number of halogens is 4. The SMILES string of the molecule is C=C(F)C(=O)Nc1ccc(/C(C)=N/Oc2ccc(C(F)(F)F)cc2)nc1. The van der Waals surface area contributed by atoms with Crippen LogP contribution in [-0.2, 0) is 11.0 Å². The number of aromatic nitrogens is 1. The maximum Gasteiger partial charge on any atom is 0.416 e. The molecule has 0 aliphatic heterocycles. The van der Waals surface area contributed by atoms with Crippen LogP contribution in [0.25, 0.3) is 0 Å². The summed E-state index contributed by atoms with van der Waals surface area (Å²) in [6.45, 7) is 4.45. The molecule has 1 aromatic heterocycles. The summed E-state index contributed by atoms with van der Waals surface area (Å²) in [6.07, 6.45) is -3.14. The molecule has 0 saturated heterocycles. The number of carbonyl (C=O) groups is 1. The summed E-state index contributed by atoms with van der Waals surface area (Å²) >= 11 is 0. The number of pyridine rings is 1. The summed E-state index contributed by atoms with van der Waals surface area (Å²) < 4.78 is 50.1. The van der Waals surface area contributed by atoms with E-state index in [0.29, 0.717) is 11.4 Å². The minimum atomic E-state index is -4.42. The van der Waals surface area contributed by atoms with Crippen LogP contribution in [0.5, 0.6) is 5.75 Å². The normalized spacial score (nSPS) is 11.8. The van der Waals surface area contributed by atoms with E-state index in [0.717, 1.165) is 24.3 Å². The predicted octanol–water partition coefficient (Wildman–Crippen LogP) is 4.33. The molecule has 9 heteroatoms. The van der Waals surface area contributed by atoms with Crippen molar-refractivity contribution >= 4 is 17.3 Å². The zero-order chi connectivity index (χ0) is 19.3. The van der Waals surface area contributed by atoms with Crippen LogP contribution in [0, 0.1) is 0 Å². The van der Waals surface area contributed by atoms with Crippen molar-refractivity contribution in [1.82, 2.24) is 4.98 Å². The Morgan fingerprint density at radius 1 is 1.19 bits per heavy atom. The van der Waals surface area contributed by atoms with Gasteiger partial charge in [-0.2, -0.15) is 13.2 Å². The highest BCUT2D eigenvalue weighted by Crippen LogP contribution is 2.30. The van der Waals surface area contributed by atoms with Gasteiger partial charge in [0.1, 0.15) is 5.71 Å². The van der Waals surface area contributed by atoms with Crippen LogP contribution >= 0.6 is 0 Å². The van der Waals surface area contributed by atoms with E-state index in [2.05, 4.69) is 22.0 Å². The van der Waals surface area contributed by atoms with E-state index in [-0.39, 0.29) is 11.4 Å². The predicted molar refractivity (Wildman–Crippen MR) is 87.4 cm³/mol. The second-order valence-electron chi connectivity index (χ2n) is 5.08. The number of nitrogens with zero attached hydrogens (tertiary/aromatic N) is 2. The number of hydrogen-bond acceptors (Lipinski definition) is 4. The second-order valence-corrected chi connectivity index (χ2v) is 5.08. The molecular weight excluding hydrogens is 354 g/mol. The van der Waals surface area contributed by atoms with E-state index in [1.165, 1.54) is 18.3 Å². The molecule has 5 nitrogen and oxygen atoms in total. The zero-order valence-corrected chi connectivity index (χ0v) is 13.5. The Hall–Kier alpha value is -3.23. The molecule has 26 heavy (non-hydrogen) atoms. The van der Waals surface area contributed by atoms with Crippen molar-refractivity contribution in [2.75, 3.05) is 5.32 Å². The van der Waals surface area contributed by atoms with Gasteiger partial charge in [-0.3, -0.25) is 9.78 Å². The number of benzene rings is 1. The summed E-state index contributed by atoms with van der Waals surface area (Å²) in [5, 5.41) is 6.03. The third kappa shape index (κ3) is 5.13. The van der Waals surface area contributed by atoms with E-state index in [1.807, 2.05) is 0 Å². The molecule has 0 atom stereocenters. The highest BCUT2D eigenvalue weighted by Gasteiger charge is 2.30. The highest BCUT2D eigenvalue weighted by atomic mass is 19.4. The fourth-order valence-corrected chi connectivity index (χ4v) is 1.75. The Kier molecular flexibility index (Phi) is 5.71. The molecule has 1 aromatic carbocycles. The minimum absolute atomic E-state index is 0.127. The number of anilines is 1. The Bertz CT molecular complexity index is 829. The lowest BCUT2D eigenvalue weighted by Gasteiger charge is -2.07. The minimum Gasteiger partial charge on any atom is -0.357 e. The van der Waals surface area contributed by atoms with Crippen molar-refractivity contribution in [2.24, 2.45) is 5.16 Å². The monoisotopic (exact) mass is 367 g/mol. The van der Waals surface area contributed by atoms with Crippen LogP contribution in [0.4, 0.5) is 23.2 Å². The van der Waals surface area contributed by atoms with Crippen molar-refractivity contribution in [1.29, 1.82) is 0 Å². The summed E-state index contributed by atoms with van der Waals surface area (Å²) in [5.74, 6) is -1.98. The molecular formula is C17H13F4N3O2. The third-order valence-corrected chi connectivity index (χ3v) is 3.11. The molecule has 1 N–H and O–H groups in total. The molecule has 0 unspecified atom stereocenters. The zero-order valence-electron chi connectivity index (χ0n) is 13.5. The van der Waals surface area contributed by atoms with Crippen molar-refractivity contribution in [3.05, 3.63) is 66.3 Å². The lowest BCUT2D eigenvalue weighted by Crippen LogP contribution is -2.11. The van der Waals surface area contributed by atoms with Gasteiger partial charge in [-0.1, -0.05) is 11.7 Å². The smallest absolute Gasteiger partial charge is 0.357 e. The fourth-order valence-electron chi connectivity index (χ4n) is 1.75. The van der Waals surface area contributed by atoms with E-state index in [9.17, 15) is 22.4 Å². The van der Waals surface area contributed by atoms with Gasteiger partial charge in [0.05, 0.1) is 23.1 Å². The summed E-state index contributed by atoms with van der Waals surface area (Å²) in [7, 11) is 0. The number of rotatable bonds is 5. The van der Waals surface area contributed by atoms with Gasteiger partial charge in [-0.25, -0.2) is 4.39 Å². The van der Waals surface area contributed by atoms with Crippen molar-refractivity contribution in [2.45, 2.75) is 13.1 Å². The molecule has 2 rings (SSSR count). The largest absolute Gasteiger partial charge is 0.416 e. The maximum absolute atomic E-state index is 12.6. The van der Waals surface area contributed by atoms with Crippen LogP contribution < -0.4 is 10.2 Å². The Morgan fingerprint density at radius 3 is 2.35 bits per heavy atom. The van der Waals surface area contributed by atoms with E-state index in [1.54, 1.807) is 6.92 Å². The number of amides is 1. The van der Waals surface area contributed by atoms with Gasteiger partial charge >= 0.3 is 6.18 Å². The maximum atomic E-state index is 12.6. The van der Waals surface area contributed by atoms with E-state index >= 15 is 0 Å². The number of oxime groups is 1. The van der Waals surface area contributed by atoms with Gasteiger partial charge in [0.2, 0.25) is 0 Å². The summed E-state index contributed by atoms with van der Waals surface area (Å²) in [4.78, 5) is 20.2. The van der Waals surface area contributed by atoms with Gasteiger partial charge in [0.15, 0.2) is 11.6 Å². The van der Waals surface area contributed by atoms with Gasteiger partial charge in [0.25, 0.3) is 5.91 Å². The first-order valence-electron chi connectivity index (χ1n) is 7.18. The van der Waals surface area contributed by atoms with Crippen LogP contribution in [0.1, 0.15) is 18.2 Å². The molecule has 0 bridgehead atoms. The van der Waals surface area contributed by atoms with Crippen LogP contribution in [0.15, 0.2) is 60.2 Å². The molecule has 0 aliphatic rings. The van der Waals surface area contributed by atoms with Gasteiger partial charge in [-0.15, -0.1) is 0 Å². The van der Waals surface area contributed by atoms with Crippen molar-refractivity contribution in [3.63, 3.8) is 0 Å². The van der Waals surface area contributed by atoms with Crippen molar-refractivity contribution < 1.29 is 27.2 Å². The van der Waals surface area contributed by atoms with E-state index in [4.69, 9.17) is 4.84 Å². The summed E-state index contributed by atoms with van der Waals surface area (Å²) in [6, 6.07) is 7.04. The first-order chi connectivity index (χ1) is 12.2. The number of hydrogen-bond donors (Lipinski definition) is 1. The first kappa shape index (κ1) is 19.1. The molecule has 0 radical (unpaired) electrons. The molecule has 0 saturated carbocycles. The quantitative estimate of drug-likeness (QED) is 0.370. The summed E-state index contributed by atoms with van der Waals surface area (Å²) in [5.41, 5.74) is 0.210. The number of alkyl halides is 3. The van der Waals surface area contributed by atoms with Crippen LogP contribution in [0.2, 0.25) is 0 Å².